The third-order valence-electron chi connectivity index (χ3n) is 3.52. The maximum Gasteiger partial charge on any atom is 0.254 e. The molecule has 0 saturated carbocycles. The van der Waals surface area contributed by atoms with Crippen LogP contribution in [-0.2, 0) is 4.74 Å². The summed E-state index contributed by atoms with van der Waals surface area (Å²) < 4.78 is 18.5. The Morgan fingerprint density at radius 3 is 2.73 bits per heavy atom. The summed E-state index contributed by atoms with van der Waals surface area (Å²) >= 11 is 5.80. The summed E-state index contributed by atoms with van der Waals surface area (Å²) in [6, 6.07) is 7.75. The Morgan fingerprint density at radius 2 is 2.00 bits per heavy atom. The molecular weight excluding hydrogens is 307 g/mol. The summed E-state index contributed by atoms with van der Waals surface area (Å²) in [6.07, 6.45) is 1.57. The number of rotatable bonds is 2. The lowest BCUT2D eigenvalue weighted by molar-refractivity contribution is 0.0303. The Labute approximate surface area is 132 Å². The van der Waals surface area contributed by atoms with Gasteiger partial charge < -0.3 is 9.64 Å². The number of benzene rings is 1. The first-order valence-corrected chi connectivity index (χ1v) is 7.31. The lowest BCUT2D eigenvalue weighted by Crippen LogP contribution is -2.40. The second-order valence-electron chi connectivity index (χ2n) is 4.96. The van der Waals surface area contributed by atoms with Crippen LogP contribution in [0.1, 0.15) is 10.4 Å². The van der Waals surface area contributed by atoms with Crippen molar-refractivity contribution in [1.82, 2.24) is 9.88 Å². The van der Waals surface area contributed by atoms with E-state index in [0.29, 0.717) is 43.1 Å². The van der Waals surface area contributed by atoms with Gasteiger partial charge in [0.1, 0.15) is 5.82 Å². The van der Waals surface area contributed by atoms with Gasteiger partial charge in [0, 0.05) is 30.4 Å². The number of nitrogens with zero attached hydrogens (tertiary/aromatic N) is 2. The van der Waals surface area contributed by atoms with Crippen molar-refractivity contribution in [3.05, 3.63) is 52.9 Å². The molecule has 6 heteroatoms. The van der Waals surface area contributed by atoms with E-state index in [9.17, 15) is 9.18 Å². The van der Waals surface area contributed by atoms with Gasteiger partial charge in [0.15, 0.2) is 0 Å². The second kappa shape index (κ2) is 6.42. The third kappa shape index (κ3) is 3.10. The highest BCUT2D eigenvalue weighted by atomic mass is 35.5. The maximum atomic E-state index is 13.2. The number of hydrogen-bond acceptors (Lipinski definition) is 3. The summed E-state index contributed by atoms with van der Waals surface area (Å²) in [4.78, 5) is 18.4. The number of hydrogen-bond donors (Lipinski definition) is 0. The number of morpholine rings is 1. The molecule has 0 bridgehead atoms. The van der Waals surface area contributed by atoms with Gasteiger partial charge in [-0.1, -0.05) is 11.6 Å². The number of carbonyl (C=O) groups excluding carboxylic acids is 1. The molecule has 1 saturated heterocycles. The Bertz CT molecular complexity index is 702. The minimum absolute atomic E-state index is 0.0317. The predicted octanol–water partition coefficient (Wildman–Crippen LogP) is 3.01. The molecule has 1 aromatic carbocycles. The van der Waals surface area contributed by atoms with E-state index in [1.54, 1.807) is 29.3 Å². The van der Waals surface area contributed by atoms with Gasteiger partial charge in [-0.2, -0.15) is 0 Å². The molecule has 114 valence electrons. The first-order chi connectivity index (χ1) is 10.6. The molecule has 1 aliphatic heterocycles. The largest absolute Gasteiger partial charge is 0.378 e. The normalized spacial score (nSPS) is 14.9. The molecule has 4 nitrogen and oxygen atoms in total. The maximum absolute atomic E-state index is 13.2. The van der Waals surface area contributed by atoms with Crippen LogP contribution in [0.3, 0.4) is 0 Å². The summed E-state index contributed by atoms with van der Waals surface area (Å²) in [6.45, 7) is 2.27. The zero-order valence-electron chi connectivity index (χ0n) is 11.8. The molecule has 0 radical (unpaired) electrons. The third-order valence-corrected chi connectivity index (χ3v) is 3.81. The van der Waals surface area contributed by atoms with E-state index < -0.39 is 5.82 Å². The van der Waals surface area contributed by atoms with E-state index in [-0.39, 0.29) is 10.9 Å². The van der Waals surface area contributed by atoms with Crippen LogP contribution in [0, 0.1) is 5.82 Å². The van der Waals surface area contributed by atoms with Crippen LogP contribution in [0.25, 0.3) is 11.3 Å². The molecule has 1 aliphatic rings. The predicted molar refractivity (Wildman–Crippen MR) is 81.4 cm³/mol. The highest BCUT2D eigenvalue weighted by molar-refractivity contribution is 6.31. The molecule has 22 heavy (non-hydrogen) atoms. The first-order valence-electron chi connectivity index (χ1n) is 6.93. The van der Waals surface area contributed by atoms with Gasteiger partial charge in [-0.25, -0.2) is 4.39 Å². The quantitative estimate of drug-likeness (QED) is 0.854. The van der Waals surface area contributed by atoms with E-state index in [4.69, 9.17) is 16.3 Å². The Balaban J connectivity index is 1.88. The van der Waals surface area contributed by atoms with E-state index >= 15 is 0 Å². The van der Waals surface area contributed by atoms with Crippen LogP contribution < -0.4 is 0 Å². The van der Waals surface area contributed by atoms with Crippen LogP contribution in [0.2, 0.25) is 5.02 Å². The van der Waals surface area contributed by atoms with Gasteiger partial charge in [0.25, 0.3) is 5.91 Å². The van der Waals surface area contributed by atoms with Gasteiger partial charge in [-0.3, -0.25) is 9.78 Å². The smallest absolute Gasteiger partial charge is 0.254 e. The zero-order chi connectivity index (χ0) is 15.5. The highest BCUT2D eigenvalue weighted by Gasteiger charge is 2.19. The van der Waals surface area contributed by atoms with Crippen LogP contribution >= 0.6 is 11.6 Å². The van der Waals surface area contributed by atoms with Gasteiger partial charge in [0.2, 0.25) is 0 Å². The molecule has 0 N–H and O–H groups in total. The van der Waals surface area contributed by atoms with E-state index in [1.165, 1.54) is 12.1 Å². The average molecular weight is 321 g/mol. The van der Waals surface area contributed by atoms with Crippen LogP contribution in [-0.4, -0.2) is 42.1 Å². The van der Waals surface area contributed by atoms with Crippen molar-refractivity contribution in [2.75, 3.05) is 26.3 Å². The van der Waals surface area contributed by atoms with Crippen molar-refractivity contribution >= 4 is 17.5 Å². The SMILES string of the molecule is O=C(c1ccnc(-c2ccc(F)c(Cl)c2)c1)N1CCOCC1. The van der Waals surface area contributed by atoms with Gasteiger partial charge in [-0.15, -0.1) is 0 Å². The minimum Gasteiger partial charge on any atom is -0.378 e. The molecule has 0 unspecified atom stereocenters. The molecule has 0 aliphatic carbocycles. The number of pyridine rings is 1. The van der Waals surface area contributed by atoms with Gasteiger partial charge >= 0.3 is 0 Å². The summed E-state index contributed by atoms with van der Waals surface area (Å²) in [5.41, 5.74) is 1.80. The summed E-state index contributed by atoms with van der Waals surface area (Å²) in [5, 5.41) is 0.0317. The van der Waals surface area contributed by atoms with E-state index in [2.05, 4.69) is 4.98 Å². The van der Waals surface area contributed by atoms with E-state index in [1.807, 2.05) is 0 Å². The Hall–Kier alpha value is -1.98. The molecule has 0 atom stereocenters. The number of aromatic nitrogens is 1. The van der Waals surface area contributed by atoms with Crippen molar-refractivity contribution in [3.8, 4) is 11.3 Å². The van der Waals surface area contributed by atoms with Crippen molar-refractivity contribution < 1.29 is 13.9 Å². The fourth-order valence-corrected chi connectivity index (χ4v) is 2.51. The Morgan fingerprint density at radius 1 is 1.23 bits per heavy atom. The number of carbonyl (C=O) groups is 1. The van der Waals surface area contributed by atoms with Crippen molar-refractivity contribution in [2.24, 2.45) is 0 Å². The number of amides is 1. The van der Waals surface area contributed by atoms with E-state index in [0.717, 1.165) is 0 Å². The summed E-state index contributed by atoms with van der Waals surface area (Å²) in [7, 11) is 0. The molecule has 1 aromatic heterocycles. The molecule has 1 amide bonds. The lowest BCUT2D eigenvalue weighted by atomic mass is 10.1. The molecule has 3 rings (SSSR count). The van der Waals surface area contributed by atoms with Crippen LogP contribution in [0.15, 0.2) is 36.5 Å². The van der Waals surface area contributed by atoms with Crippen LogP contribution in [0.5, 0.6) is 0 Å². The highest BCUT2D eigenvalue weighted by Crippen LogP contribution is 2.24. The molecule has 0 spiro atoms. The van der Waals surface area contributed by atoms with Gasteiger partial charge in [0.05, 0.1) is 23.9 Å². The van der Waals surface area contributed by atoms with Crippen LogP contribution in [0.4, 0.5) is 4.39 Å². The average Bonchev–Trinajstić information content (AvgIpc) is 2.57. The Kier molecular flexibility index (Phi) is 4.36. The lowest BCUT2D eigenvalue weighted by Gasteiger charge is -2.26. The van der Waals surface area contributed by atoms with Crippen molar-refractivity contribution in [1.29, 1.82) is 0 Å². The fraction of sp³-hybridized carbons (Fsp3) is 0.250. The molecule has 2 aromatic rings. The fourth-order valence-electron chi connectivity index (χ4n) is 2.33. The first kappa shape index (κ1) is 14.9. The van der Waals surface area contributed by atoms with Gasteiger partial charge in [-0.05, 0) is 30.3 Å². The summed E-state index contributed by atoms with van der Waals surface area (Å²) in [5.74, 6) is -0.536. The standard InChI is InChI=1S/C16H14ClFN2O2/c17-13-9-11(1-2-14(13)18)15-10-12(3-4-19-15)16(21)20-5-7-22-8-6-20/h1-4,9-10H,5-8H2. The zero-order valence-corrected chi connectivity index (χ0v) is 12.5. The molecular formula is C16H14ClFN2O2. The minimum atomic E-state index is -0.481. The van der Waals surface area contributed by atoms with Crippen molar-refractivity contribution in [2.45, 2.75) is 0 Å². The van der Waals surface area contributed by atoms with Crippen molar-refractivity contribution in [3.63, 3.8) is 0 Å². The molecule has 1 fully saturated rings. The number of halogens is 2. The monoisotopic (exact) mass is 320 g/mol. The second-order valence-corrected chi connectivity index (χ2v) is 5.37. The number of ether oxygens (including phenoxy) is 1. The molecule has 2 heterocycles. The topological polar surface area (TPSA) is 42.4 Å².